The molecule has 2 rings (SSSR count). The molecule has 1 fully saturated rings. The van der Waals surface area contributed by atoms with Crippen LogP contribution in [0.5, 0.6) is 0 Å². The second kappa shape index (κ2) is 5.35. The van der Waals surface area contributed by atoms with E-state index in [2.05, 4.69) is 4.98 Å². The van der Waals surface area contributed by atoms with Gasteiger partial charge in [-0.25, -0.2) is 4.98 Å². The Labute approximate surface area is 108 Å². The summed E-state index contributed by atoms with van der Waals surface area (Å²) in [6.45, 7) is 4.00. The highest BCUT2D eigenvalue weighted by atomic mass is 16.2. The molecule has 1 atom stereocenters. The molecule has 1 amide bonds. The number of nitrogens with zero attached hydrogens (tertiary/aromatic N) is 3. The maximum Gasteiger partial charge on any atom is 0.241 e. The number of hydrogen-bond donors (Lipinski definition) is 1. The van der Waals surface area contributed by atoms with Gasteiger partial charge in [0.05, 0.1) is 6.54 Å². The monoisotopic (exact) mass is 248 g/mol. The largest absolute Gasteiger partial charge is 0.347 e. The smallest absolute Gasteiger partial charge is 0.241 e. The van der Waals surface area contributed by atoms with Crippen molar-refractivity contribution in [3.8, 4) is 0 Å². The molecule has 0 saturated carbocycles. The van der Waals surface area contributed by atoms with E-state index in [1.165, 1.54) is 0 Å². The number of carbonyl (C=O) groups is 1. The molecule has 1 aromatic rings. The number of hydrogen-bond acceptors (Lipinski definition) is 4. The summed E-state index contributed by atoms with van der Waals surface area (Å²) in [4.78, 5) is 20.0. The lowest BCUT2D eigenvalue weighted by Crippen LogP contribution is -2.34. The number of carbonyl (C=O) groups excluding carboxylic acids is 1. The van der Waals surface area contributed by atoms with Gasteiger partial charge in [0.25, 0.3) is 0 Å². The van der Waals surface area contributed by atoms with Crippen LogP contribution < -0.4 is 10.6 Å². The molecule has 5 nitrogen and oxygen atoms in total. The van der Waals surface area contributed by atoms with Gasteiger partial charge in [-0.1, -0.05) is 0 Å². The molecule has 0 aromatic carbocycles. The highest BCUT2D eigenvalue weighted by molar-refractivity contribution is 5.81. The zero-order valence-corrected chi connectivity index (χ0v) is 11.0. The number of rotatable bonds is 2. The summed E-state index contributed by atoms with van der Waals surface area (Å²) in [7, 11) is 1.84. The van der Waals surface area contributed by atoms with Crippen LogP contribution in [-0.4, -0.2) is 42.5 Å². The SMILES string of the molecule is C[C@@H](N)c1ccnc(N2CCCN(C)C(=O)C2)c1. The lowest BCUT2D eigenvalue weighted by molar-refractivity contribution is -0.127. The van der Waals surface area contributed by atoms with E-state index >= 15 is 0 Å². The van der Waals surface area contributed by atoms with Gasteiger partial charge in [0.15, 0.2) is 0 Å². The van der Waals surface area contributed by atoms with Gasteiger partial charge < -0.3 is 15.5 Å². The summed E-state index contributed by atoms with van der Waals surface area (Å²) in [6, 6.07) is 3.88. The number of amides is 1. The van der Waals surface area contributed by atoms with Gasteiger partial charge >= 0.3 is 0 Å². The summed E-state index contributed by atoms with van der Waals surface area (Å²) >= 11 is 0. The van der Waals surface area contributed by atoms with Crippen molar-refractivity contribution in [1.29, 1.82) is 0 Å². The summed E-state index contributed by atoms with van der Waals surface area (Å²) in [6.07, 6.45) is 2.72. The van der Waals surface area contributed by atoms with E-state index in [0.29, 0.717) is 6.54 Å². The number of aromatic nitrogens is 1. The molecule has 0 spiro atoms. The highest BCUT2D eigenvalue weighted by Crippen LogP contribution is 2.18. The van der Waals surface area contributed by atoms with Crippen LogP contribution in [0.15, 0.2) is 18.3 Å². The molecule has 0 unspecified atom stereocenters. The van der Waals surface area contributed by atoms with Gasteiger partial charge in [0.1, 0.15) is 5.82 Å². The number of pyridine rings is 1. The van der Waals surface area contributed by atoms with Gasteiger partial charge in [-0.15, -0.1) is 0 Å². The number of likely N-dealkylation sites (N-methyl/N-ethyl adjacent to an activating group) is 1. The molecule has 1 saturated heterocycles. The topological polar surface area (TPSA) is 62.5 Å². The Hall–Kier alpha value is -1.62. The fourth-order valence-corrected chi connectivity index (χ4v) is 2.07. The van der Waals surface area contributed by atoms with Crippen LogP contribution >= 0.6 is 0 Å². The van der Waals surface area contributed by atoms with Crippen molar-refractivity contribution < 1.29 is 4.79 Å². The molecular weight excluding hydrogens is 228 g/mol. The lowest BCUT2D eigenvalue weighted by Gasteiger charge is -2.21. The molecule has 0 bridgehead atoms. The Kier molecular flexibility index (Phi) is 3.81. The average Bonchev–Trinajstić information content (AvgIpc) is 2.52. The van der Waals surface area contributed by atoms with Crippen LogP contribution in [0.1, 0.15) is 24.9 Å². The van der Waals surface area contributed by atoms with Gasteiger partial charge in [0, 0.05) is 32.4 Å². The van der Waals surface area contributed by atoms with Gasteiger partial charge in [-0.3, -0.25) is 4.79 Å². The maximum absolute atomic E-state index is 11.8. The third-order valence-corrected chi connectivity index (χ3v) is 3.29. The van der Waals surface area contributed by atoms with E-state index in [4.69, 9.17) is 5.73 Å². The summed E-state index contributed by atoms with van der Waals surface area (Å²) < 4.78 is 0. The van der Waals surface area contributed by atoms with E-state index < -0.39 is 0 Å². The Balaban J connectivity index is 2.20. The average molecular weight is 248 g/mol. The van der Waals surface area contributed by atoms with Crippen molar-refractivity contribution in [1.82, 2.24) is 9.88 Å². The first-order valence-electron chi connectivity index (χ1n) is 6.28. The molecule has 98 valence electrons. The molecule has 1 aliphatic rings. The Morgan fingerprint density at radius 1 is 1.44 bits per heavy atom. The minimum absolute atomic E-state index is 0.0166. The van der Waals surface area contributed by atoms with E-state index in [0.717, 1.165) is 30.9 Å². The van der Waals surface area contributed by atoms with Crippen LogP contribution in [-0.2, 0) is 4.79 Å². The quantitative estimate of drug-likeness (QED) is 0.839. The van der Waals surface area contributed by atoms with E-state index in [9.17, 15) is 4.79 Å². The zero-order chi connectivity index (χ0) is 13.1. The predicted octanol–water partition coefficient (Wildman–Crippen LogP) is 0.770. The predicted molar refractivity (Wildman–Crippen MR) is 71.3 cm³/mol. The molecular formula is C13H20N4O. The molecule has 5 heteroatoms. The summed E-state index contributed by atoms with van der Waals surface area (Å²) in [5.41, 5.74) is 6.92. The van der Waals surface area contributed by atoms with Crippen molar-refractivity contribution in [2.24, 2.45) is 5.73 Å². The van der Waals surface area contributed by atoms with E-state index in [1.807, 2.05) is 31.0 Å². The van der Waals surface area contributed by atoms with Crippen molar-refractivity contribution in [3.63, 3.8) is 0 Å². The standard InChI is InChI=1S/C13H20N4O/c1-10(14)11-4-5-15-12(8-11)17-7-3-6-16(2)13(18)9-17/h4-5,8,10H,3,6-7,9,14H2,1-2H3/t10-/m1/s1. The van der Waals surface area contributed by atoms with E-state index in [-0.39, 0.29) is 11.9 Å². The second-order valence-electron chi connectivity index (χ2n) is 4.83. The summed E-state index contributed by atoms with van der Waals surface area (Å²) in [5, 5.41) is 0. The van der Waals surface area contributed by atoms with Crippen LogP contribution in [0.25, 0.3) is 0 Å². The lowest BCUT2D eigenvalue weighted by atomic mass is 10.1. The van der Waals surface area contributed by atoms with Crippen LogP contribution in [0.2, 0.25) is 0 Å². The van der Waals surface area contributed by atoms with Crippen molar-refractivity contribution in [2.75, 3.05) is 31.6 Å². The Morgan fingerprint density at radius 3 is 2.94 bits per heavy atom. The zero-order valence-electron chi connectivity index (χ0n) is 11.0. The van der Waals surface area contributed by atoms with Crippen molar-refractivity contribution in [2.45, 2.75) is 19.4 Å². The molecule has 18 heavy (non-hydrogen) atoms. The molecule has 2 heterocycles. The molecule has 2 N–H and O–H groups in total. The van der Waals surface area contributed by atoms with Crippen molar-refractivity contribution >= 4 is 11.7 Å². The number of nitrogens with two attached hydrogens (primary N) is 1. The third kappa shape index (κ3) is 2.79. The maximum atomic E-state index is 11.8. The van der Waals surface area contributed by atoms with Crippen LogP contribution in [0.4, 0.5) is 5.82 Å². The molecule has 0 radical (unpaired) electrons. The normalized spacial score (nSPS) is 18.7. The fraction of sp³-hybridized carbons (Fsp3) is 0.538. The van der Waals surface area contributed by atoms with Crippen molar-refractivity contribution in [3.05, 3.63) is 23.9 Å². The second-order valence-corrected chi connectivity index (χ2v) is 4.83. The Bertz CT molecular complexity index is 433. The van der Waals surface area contributed by atoms with Gasteiger partial charge in [-0.05, 0) is 31.0 Å². The van der Waals surface area contributed by atoms with Crippen LogP contribution in [0.3, 0.4) is 0 Å². The fourth-order valence-electron chi connectivity index (χ4n) is 2.07. The molecule has 1 aliphatic heterocycles. The first kappa shape index (κ1) is 12.8. The number of anilines is 1. The van der Waals surface area contributed by atoms with Gasteiger partial charge in [-0.2, -0.15) is 0 Å². The van der Waals surface area contributed by atoms with Gasteiger partial charge in [0.2, 0.25) is 5.91 Å². The minimum Gasteiger partial charge on any atom is -0.347 e. The molecule has 1 aromatic heterocycles. The first-order valence-corrected chi connectivity index (χ1v) is 6.28. The third-order valence-electron chi connectivity index (χ3n) is 3.29. The first-order chi connectivity index (χ1) is 8.58. The Morgan fingerprint density at radius 2 is 2.22 bits per heavy atom. The highest BCUT2D eigenvalue weighted by Gasteiger charge is 2.20. The van der Waals surface area contributed by atoms with Crippen LogP contribution in [0, 0.1) is 0 Å². The molecule has 0 aliphatic carbocycles. The van der Waals surface area contributed by atoms with E-state index in [1.54, 1.807) is 11.1 Å². The minimum atomic E-state index is -0.0166. The summed E-state index contributed by atoms with van der Waals surface area (Å²) in [5.74, 6) is 0.981.